The highest BCUT2D eigenvalue weighted by molar-refractivity contribution is 6.60. The van der Waals surface area contributed by atoms with Gasteiger partial charge in [-0.1, -0.05) is 20.8 Å². The summed E-state index contributed by atoms with van der Waals surface area (Å²) in [5.41, 5.74) is 16.5. The van der Waals surface area contributed by atoms with Gasteiger partial charge < -0.3 is 30.5 Å². The number of nitrogens with two attached hydrogens (primary N) is 3. The molecule has 0 rings (SSSR count). The summed E-state index contributed by atoms with van der Waals surface area (Å²) in [5, 5.41) is 0. The van der Waals surface area contributed by atoms with Gasteiger partial charge in [0.1, 0.15) is 0 Å². The highest BCUT2D eigenvalue weighted by atomic mass is 28.4. The summed E-state index contributed by atoms with van der Waals surface area (Å²) in [6, 6.07) is 0.739. The fraction of sp³-hybridized carbons (Fsp3) is 1.00. The van der Waals surface area contributed by atoms with Gasteiger partial charge in [-0.05, 0) is 32.1 Å². The summed E-state index contributed by atoms with van der Waals surface area (Å²) < 4.78 is 18.0. The van der Waals surface area contributed by atoms with E-state index in [0.29, 0.717) is 26.2 Å². The molecule has 0 radical (unpaired) electrons. The van der Waals surface area contributed by atoms with Crippen LogP contribution in [0.2, 0.25) is 6.04 Å². The minimum Gasteiger partial charge on any atom is -0.373 e. The highest BCUT2D eigenvalue weighted by Gasteiger charge is 2.40. The van der Waals surface area contributed by atoms with Crippen LogP contribution in [0.5, 0.6) is 0 Å². The molecule has 0 saturated carbocycles. The van der Waals surface area contributed by atoms with Gasteiger partial charge in [-0.2, -0.15) is 0 Å². The fourth-order valence-corrected chi connectivity index (χ4v) is 4.69. The van der Waals surface area contributed by atoms with Crippen LogP contribution in [0.3, 0.4) is 0 Å². The Hall–Kier alpha value is -0.0231. The average Bonchev–Trinajstić information content (AvgIpc) is 2.48. The van der Waals surface area contributed by atoms with Crippen molar-refractivity contribution in [2.75, 3.05) is 26.4 Å². The van der Waals surface area contributed by atoms with E-state index in [1.165, 1.54) is 0 Å². The molecule has 128 valence electrons. The quantitative estimate of drug-likeness (QED) is 0.331. The van der Waals surface area contributed by atoms with Crippen molar-refractivity contribution in [2.24, 2.45) is 17.2 Å². The zero-order valence-electron chi connectivity index (χ0n) is 14.0. The van der Waals surface area contributed by atoms with E-state index in [1.54, 1.807) is 0 Å². The largest absolute Gasteiger partial charge is 0.500 e. The SMILES string of the molecule is CCCO[Si](CCCC(N)(N)CN)(OCCC)OCCC. The van der Waals surface area contributed by atoms with Crippen molar-refractivity contribution in [1.82, 2.24) is 0 Å². The predicted octanol–water partition coefficient (Wildman–Crippen LogP) is 1.56. The normalized spacial score (nSPS) is 12.9. The van der Waals surface area contributed by atoms with E-state index in [1.807, 2.05) is 0 Å². The number of hydrogen-bond acceptors (Lipinski definition) is 6. The molecule has 7 heteroatoms. The highest BCUT2D eigenvalue weighted by Crippen LogP contribution is 2.21. The van der Waals surface area contributed by atoms with Crippen molar-refractivity contribution in [3.8, 4) is 0 Å². The Morgan fingerprint density at radius 1 is 0.857 bits per heavy atom. The number of hydrogen-bond donors (Lipinski definition) is 3. The third-order valence-corrected chi connectivity index (χ3v) is 5.98. The van der Waals surface area contributed by atoms with E-state index in [0.717, 1.165) is 31.7 Å². The van der Waals surface area contributed by atoms with Gasteiger partial charge >= 0.3 is 8.80 Å². The Bertz CT molecular complexity index is 234. The van der Waals surface area contributed by atoms with Crippen LogP contribution in [0.25, 0.3) is 0 Å². The average molecular weight is 322 g/mol. The van der Waals surface area contributed by atoms with Gasteiger partial charge in [0.25, 0.3) is 0 Å². The zero-order valence-corrected chi connectivity index (χ0v) is 15.0. The monoisotopic (exact) mass is 321 g/mol. The third-order valence-electron chi connectivity index (χ3n) is 3.08. The molecule has 0 aliphatic carbocycles. The molecule has 0 aromatic carbocycles. The van der Waals surface area contributed by atoms with Gasteiger partial charge in [-0.15, -0.1) is 0 Å². The molecular formula is C14H35N3O3Si. The summed E-state index contributed by atoms with van der Waals surface area (Å²) in [7, 11) is -2.62. The van der Waals surface area contributed by atoms with Gasteiger partial charge in [0.15, 0.2) is 0 Å². The molecule has 0 amide bonds. The van der Waals surface area contributed by atoms with Gasteiger partial charge in [0.05, 0.1) is 5.66 Å². The first-order chi connectivity index (χ1) is 9.95. The van der Waals surface area contributed by atoms with Gasteiger partial charge in [-0.3, -0.25) is 0 Å². The molecular weight excluding hydrogens is 286 g/mol. The molecule has 0 saturated heterocycles. The molecule has 21 heavy (non-hydrogen) atoms. The zero-order chi connectivity index (χ0) is 16.2. The molecule has 0 spiro atoms. The lowest BCUT2D eigenvalue weighted by Crippen LogP contribution is -2.55. The van der Waals surface area contributed by atoms with Crippen molar-refractivity contribution >= 4 is 8.80 Å². The molecule has 0 bridgehead atoms. The maximum atomic E-state index is 6.01. The molecule has 0 unspecified atom stereocenters. The molecule has 0 atom stereocenters. The first-order valence-electron chi connectivity index (χ1n) is 8.15. The van der Waals surface area contributed by atoms with Crippen LogP contribution in [-0.4, -0.2) is 40.8 Å². The van der Waals surface area contributed by atoms with Crippen molar-refractivity contribution in [3.05, 3.63) is 0 Å². The maximum Gasteiger partial charge on any atom is 0.500 e. The third kappa shape index (κ3) is 9.57. The Labute approximate surface area is 131 Å². The van der Waals surface area contributed by atoms with E-state index in [9.17, 15) is 0 Å². The van der Waals surface area contributed by atoms with Crippen molar-refractivity contribution in [2.45, 2.75) is 64.6 Å². The first-order valence-corrected chi connectivity index (χ1v) is 10.1. The molecule has 0 aromatic heterocycles. The summed E-state index contributed by atoms with van der Waals surface area (Å²) in [6.07, 6.45) is 4.27. The van der Waals surface area contributed by atoms with Crippen LogP contribution < -0.4 is 17.2 Å². The predicted molar refractivity (Wildman–Crippen MR) is 88.7 cm³/mol. The van der Waals surface area contributed by atoms with E-state index in [4.69, 9.17) is 30.5 Å². The number of rotatable bonds is 14. The lowest BCUT2D eigenvalue weighted by atomic mass is 10.1. The van der Waals surface area contributed by atoms with E-state index < -0.39 is 14.5 Å². The Morgan fingerprint density at radius 3 is 1.62 bits per heavy atom. The smallest absolute Gasteiger partial charge is 0.373 e. The second kappa shape index (κ2) is 11.5. The molecule has 0 aliphatic heterocycles. The molecule has 0 fully saturated rings. The lowest BCUT2D eigenvalue weighted by Gasteiger charge is -2.31. The van der Waals surface area contributed by atoms with Gasteiger partial charge in [-0.25, -0.2) is 0 Å². The Balaban J connectivity index is 4.62. The van der Waals surface area contributed by atoms with E-state index in [2.05, 4.69) is 20.8 Å². The fourth-order valence-electron chi connectivity index (χ4n) is 1.85. The first kappa shape index (κ1) is 21.0. The van der Waals surface area contributed by atoms with Gasteiger partial charge in [0.2, 0.25) is 0 Å². The summed E-state index contributed by atoms with van der Waals surface area (Å²) in [4.78, 5) is 0. The van der Waals surface area contributed by atoms with Crippen molar-refractivity contribution < 1.29 is 13.3 Å². The van der Waals surface area contributed by atoms with Crippen LogP contribution in [-0.2, 0) is 13.3 Å². The van der Waals surface area contributed by atoms with Crippen LogP contribution in [0.15, 0.2) is 0 Å². The Morgan fingerprint density at radius 2 is 1.29 bits per heavy atom. The van der Waals surface area contributed by atoms with E-state index >= 15 is 0 Å². The summed E-state index contributed by atoms with van der Waals surface area (Å²) in [6.45, 7) is 8.49. The second-order valence-electron chi connectivity index (χ2n) is 5.52. The minimum absolute atomic E-state index is 0.267. The van der Waals surface area contributed by atoms with E-state index in [-0.39, 0.29) is 6.54 Å². The van der Waals surface area contributed by atoms with Crippen molar-refractivity contribution in [3.63, 3.8) is 0 Å². The van der Waals surface area contributed by atoms with Crippen molar-refractivity contribution in [1.29, 1.82) is 0 Å². The van der Waals surface area contributed by atoms with Crippen LogP contribution in [0.4, 0.5) is 0 Å². The maximum absolute atomic E-state index is 6.01. The second-order valence-corrected chi connectivity index (χ2v) is 8.25. The molecule has 0 aliphatic rings. The topological polar surface area (TPSA) is 106 Å². The van der Waals surface area contributed by atoms with Crippen LogP contribution in [0, 0.1) is 0 Å². The summed E-state index contributed by atoms with van der Waals surface area (Å²) >= 11 is 0. The molecule has 6 N–H and O–H groups in total. The Kier molecular flexibility index (Phi) is 11.5. The van der Waals surface area contributed by atoms with Crippen LogP contribution >= 0.6 is 0 Å². The molecule has 0 heterocycles. The summed E-state index contributed by atoms with van der Waals surface area (Å²) in [5.74, 6) is 0. The minimum atomic E-state index is -2.62. The van der Waals surface area contributed by atoms with Gasteiger partial charge in [0, 0.05) is 32.4 Å². The standard InChI is InChI=1S/C14H35N3O3Si/c1-4-9-18-21(19-10-5-2,20-11-6-3)12-7-8-14(16,17)13-15/h4-13,15-17H2,1-3H3. The lowest BCUT2D eigenvalue weighted by molar-refractivity contribution is 0.0583. The molecule has 0 aromatic rings. The molecule has 6 nitrogen and oxygen atoms in total. The van der Waals surface area contributed by atoms with Crippen LogP contribution in [0.1, 0.15) is 52.9 Å².